The monoisotopic (exact) mass is 291 g/mol. The predicted molar refractivity (Wildman–Crippen MR) is 72.1 cm³/mol. The third-order valence-electron chi connectivity index (χ3n) is 3.49. The minimum absolute atomic E-state index is 0.134. The van der Waals surface area contributed by atoms with Crippen LogP contribution in [0.15, 0.2) is 12.1 Å². The molecule has 0 saturated heterocycles. The number of imidazole rings is 1. The molecule has 0 radical (unpaired) electrons. The number of aryl methyl sites for hydroxylation is 1. The van der Waals surface area contributed by atoms with Crippen molar-refractivity contribution in [1.82, 2.24) is 9.55 Å². The second kappa shape index (κ2) is 4.72. The first-order valence-corrected chi connectivity index (χ1v) is 6.41. The maximum Gasteiger partial charge on any atom is 0.313 e. The van der Waals surface area contributed by atoms with Gasteiger partial charge in [0.25, 0.3) is 0 Å². The molecule has 0 saturated carbocycles. The number of methoxy groups -OCH3 is 1. The van der Waals surface area contributed by atoms with E-state index in [4.69, 9.17) is 9.47 Å². The van der Waals surface area contributed by atoms with Crippen molar-refractivity contribution in [3.05, 3.63) is 28.1 Å². The normalized spacial score (nSPS) is 16.8. The Morgan fingerprint density at radius 1 is 1.52 bits per heavy atom. The van der Waals surface area contributed by atoms with Crippen molar-refractivity contribution in [2.24, 2.45) is 0 Å². The summed E-state index contributed by atoms with van der Waals surface area (Å²) in [5, 5.41) is 11.0. The molecule has 21 heavy (non-hydrogen) atoms. The van der Waals surface area contributed by atoms with Crippen LogP contribution in [0.25, 0.3) is 11.0 Å². The standard InChI is InChI=1S/C13H13N3O5/c1-7(17)21-11-3-4-15-9-6-12(20-2)10(16(18)19)5-8(9)14-13(11)15/h5-6,11H,3-4H2,1-2H3. The number of carbonyl (C=O) groups is 1. The Morgan fingerprint density at radius 2 is 2.29 bits per heavy atom. The molecule has 1 atom stereocenters. The van der Waals surface area contributed by atoms with Crippen LogP contribution in [0, 0.1) is 10.1 Å². The van der Waals surface area contributed by atoms with Crippen LogP contribution in [0.4, 0.5) is 5.69 Å². The molecule has 0 amide bonds. The number of ether oxygens (including phenoxy) is 2. The maximum absolute atomic E-state index is 11.1. The molecule has 8 nitrogen and oxygen atoms in total. The number of carbonyl (C=O) groups excluding carboxylic acids is 1. The maximum atomic E-state index is 11.1. The van der Waals surface area contributed by atoms with Gasteiger partial charge in [0.15, 0.2) is 17.7 Å². The molecule has 3 rings (SSSR count). The number of benzene rings is 1. The lowest BCUT2D eigenvalue weighted by molar-refractivity contribution is -0.385. The molecule has 2 aromatic rings. The topological polar surface area (TPSA) is 96.5 Å². The van der Waals surface area contributed by atoms with Crippen molar-refractivity contribution in [2.75, 3.05) is 7.11 Å². The summed E-state index contributed by atoms with van der Waals surface area (Å²) in [5.74, 6) is 0.429. The summed E-state index contributed by atoms with van der Waals surface area (Å²) in [5.41, 5.74) is 1.10. The van der Waals surface area contributed by atoms with Crippen LogP contribution in [0.5, 0.6) is 5.75 Å². The highest BCUT2D eigenvalue weighted by molar-refractivity contribution is 5.82. The van der Waals surface area contributed by atoms with E-state index in [1.165, 1.54) is 20.1 Å². The van der Waals surface area contributed by atoms with Gasteiger partial charge in [0, 0.05) is 32.0 Å². The Morgan fingerprint density at radius 3 is 2.90 bits per heavy atom. The molecule has 2 heterocycles. The van der Waals surface area contributed by atoms with Gasteiger partial charge in [-0.3, -0.25) is 14.9 Å². The fraction of sp³-hybridized carbons (Fsp3) is 0.385. The van der Waals surface area contributed by atoms with Crippen molar-refractivity contribution in [3.63, 3.8) is 0 Å². The van der Waals surface area contributed by atoms with Crippen molar-refractivity contribution < 1.29 is 19.2 Å². The Kier molecular flexibility index (Phi) is 3.00. The average molecular weight is 291 g/mol. The number of hydrogen-bond donors (Lipinski definition) is 0. The lowest BCUT2D eigenvalue weighted by Crippen LogP contribution is -2.06. The molecule has 1 aromatic carbocycles. The van der Waals surface area contributed by atoms with Gasteiger partial charge in [0.1, 0.15) is 0 Å². The van der Waals surface area contributed by atoms with Crippen LogP contribution in [0.3, 0.4) is 0 Å². The largest absolute Gasteiger partial charge is 0.490 e. The van der Waals surface area contributed by atoms with Gasteiger partial charge in [-0.15, -0.1) is 0 Å². The summed E-state index contributed by atoms with van der Waals surface area (Å²) in [7, 11) is 1.39. The third-order valence-corrected chi connectivity index (χ3v) is 3.49. The molecule has 0 N–H and O–H groups in total. The first kappa shape index (κ1) is 13.3. The van der Waals surface area contributed by atoms with Crippen LogP contribution < -0.4 is 4.74 Å². The van der Waals surface area contributed by atoms with Gasteiger partial charge in [-0.2, -0.15) is 0 Å². The van der Waals surface area contributed by atoms with Crippen molar-refractivity contribution >= 4 is 22.7 Å². The highest BCUT2D eigenvalue weighted by Crippen LogP contribution is 2.37. The van der Waals surface area contributed by atoms with Gasteiger partial charge >= 0.3 is 11.7 Å². The van der Waals surface area contributed by atoms with Crippen LogP contribution >= 0.6 is 0 Å². The summed E-state index contributed by atoms with van der Waals surface area (Å²) < 4.78 is 12.2. The van der Waals surface area contributed by atoms with Crippen molar-refractivity contribution in [1.29, 1.82) is 0 Å². The highest BCUT2D eigenvalue weighted by Gasteiger charge is 2.30. The van der Waals surface area contributed by atoms with Crippen LogP contribution in [0.2, 0.25) is 0 Å². The van der Waals surface area contributed by atoms with Gasteiger partial charge in [-0.05, 0) is 0 Å². The molecular formula is C13H13N3O5. The molecule has 1 unspecified atom stereocenters. The second-order valence-corrected chi connectivity index (χ2v) is 4.78. The molecule has 8 heteroatoms. The van der Waals surface area contributed by atoms with Gasteiger partial charge in [-0.25, -0.2) is 4.98 Å². The lowest BCUT2D eigenvalue weighted by atomic mass is 10.2. The minimum Gasteiger partial charge on any atom is -0.490 e. The Labute approximate surface area is 119 Å². The summed E-state index contributed by atoms with van der Waals surface area (Å²) in [6, 6.07) is 2.98. The van der Waals surface area contributed by atoms with E-state index in [2.05, 4.69) is 4.98 Å². The van der Waals surface area contributed by atoms with E-state index < -0.39 is 11.0 Å². The fourth-order valence-corrected chi connectivity index (χ4v) is 2.63. The summed E-state index contributed by atoms with van der Waals surface area (Å²) in [6.07, 6.45) is 0.247. The smallest absolute Gasteiger partial charge is 0.313 e. The Hall–Kier alpha value is -2.64. The number of aromatic nitrogens is 2. The van der Waals surface area contributed by atoms with Gasteiger partial charge in [-0.1, -0.05) is 0 Å². The quantitative estimate of drug-likeness (QED) is 0.487. The van der Waals surface area contributed by atoms with Crippen molar-refractivity contribution in [2.45, 2.75) is 26.0 Å². The van der Waals surface area contributed by atoms with E-state index in [1.807, 2.05) is 4.57 Å². The molecule has 0 aliphatic carbocycles. The van der Waals surface area contributed by atoms with Crippen LogP contribution in [0.1, 0.15) is 25.3 Å². The zero-order valence-corrected chi connectivity index (χ0v) is 11.5. The lowest BCUT2D eigenvalue weighted by Gasteiger charge is -2.07. The number of hydrogen-bond acceptors (Lipinski definition) is 6. The fourth-order valence-electron chi connectivity index (χ4n) is 2.63. The first-order valence-electron chi connectivity index (χ1n) is 6.41. The molecule has 1 aromatic heterocycles. The molecule has 0 spiro atoms. The SMILES string of the molecule is COc1cc2c(cc1[N+](=O)[O-])nc1n2CCC1OC(C)=O. The number of nitrogens with zero attached hydrogens (tertiary/aromatic N) is 3. The van der Waals surface area contributed by atoms with E-state index in [-0.39, 0.29) is 17.4 Å². The van der Waals surface area contributed by atoms with E-state index >= 15 is 0 Å². The summed E-state index contributed by atoms with van der Waals surface area (Å²) in [6.45, 7) is 1.99. The van der Waals surface area contributed by atoms with Gasteiger partial charge in [0.05, 0.1) is 23.1 Å². The molecule has 0 fully saturated rings. The number of esters is 1. The summed E-state index contributed by atoms with van der Waals surface area (Å²) in [4.78, 5) is 26.0. The Balaban J connectivity index is 2.14. The van der Waals surface area contributed by atoms with E-state index in [9.17, 15) is 14.9 Å². The average Bonchev–Trinajstić information content (AvgIpc) is 2.96. The number of rotatable bonds is 3. The first-order chi connectivity index (χ1) is 10.0. The number of fused-ring (bicyclic) bond motifs is 3. The van der Waals surface area contributed by atoms with Gasteiger partial charge < -0.3 is 14.0 Å². The summed E-state index contributed by atoms with van der Waals surface area (Å²) >= 11 is 0. The third kappa shape index (κ3) is 2.08. The zero-order chi connectivity index (χ0) is 15.1. The highest BCUT2D eigenvalue weighted by atomic mass is 16.6. The molecule has 110 valence electrons. The van der Waals surface area contributed by atoms with Crippen LogP contribution in [-0.2, 0) is 16.1 Å². The van der Waals surface area contributed by atoms with Gasteiger partial charge in [0.2, 0.25) is 0 Å². The molecule has 1 aliphatic rings. The molecular weight excluding hydrogens is 278 g/mol. The molecule has 1 aliphatic heterocycles. The number of nitro benzene ring substituents is 1. The molecule has 0 bridgehead atoms. The van der Waals surface area contributed by atoms with Crippen molar-refractivity contribution in [3.8, 4) is 5.75 Å². The van der Waals surface area contributed by atoms with Crippen LogP contribution in [-0.4, -0.2) is 27.6 Å². The minimum atomic E-state index is -0.508. The van der Waals surface area contributed by atoms with E-state index in [0.717, 1.165) is 5.52 Å². The van der Waals surface area contributed by atoms with E-state index in [1.54, 1.807) is 6.07 Å². The zero-order valence-electron chi connectivity index (χ0n) is 11.5. The van der Waals surface area contributed by atoms with E-state index in [0.29, 0.717) is 24.3 Å². The number of nitro groups is 1. The second-order valence-electron chi connectivity index (χ2n) is 4.78. The predicted octanol–water partition coefficient (Wildman–Crippen LogP) is 1.96. The Bertz CT molecular complexity index is 752.